The molecule has 3 aliphatic rings. The van der Waals surface area contributed by atoms with E-state index in [9.17, 15) is 28.8 Å². The van der Waals surface area contributed by atoms with Gasteiger partial charge in [0.2, 0.25) is 17.6 Å². The number of fused-ring (bicyclic) bond motifs is 1. The molecule has 11 nitrogen and oxygen atoms in total. The Labute approximate surface area is 248 Å². The molecular weight excluding hydrogens is 540 g/mol. The molecule has 3 rings (SSSR count). The van der Waals surface area contributed by atoms with Gasteiger partial charge in [0.15, 0.2) is 0 Å². The minimum atomic E-state index is -1.10. The Morgan fingerprint density at radius 2 is 1.71 bits per heavy atom. The molecule has 1 saturated heterocycles. The van der Waals surface area contributed by atoms with E-state index in [1.165, 1.54) is 11.0 Å². The molecular formula is C31H46N4O7. The van der Waals surface area contributed by atoms with Gasteiger partial charge in [0.1, 0.15) is 23.5 Å². The summed E-state index contributed by atoms with van der Waals surface area (Å²) in [5, 5.41) is 7.95. The molecule has 11 heteroatoms. The van der Waals surface area contributed by atoms with Crippen LogP contribution in [0.5, 0.6) is 0 Å². The highest BCUT2D eigenvalue weighted by Gasteiger charge is 2.69. The molecule has 5 atom stereocenters. The van der Waals surface area contributed by atoms with Crippen molar-refractivity contribution in [1.29, 1.82) is 0 Å². The van der Waals surface area contributed by atoms with Crippen molar-refractivity contribution < 1.29 is 33.5 Å². The number of carbonyl (C=O) groups excluding carboxylic acids is 6. The van der Waals surface area contributed by atoms with Gasteiger partial charge in [-0.1, -0.05) is 26.0 Å². The van der Waals surface area contributed by atoms with Crippen LogP contribution in [0.25, 0.3) is 0 Å². The molecule has 0 aromatic rings. The molecule has 3 N–H and O–H groups in total. The quantitative estimate of drug-likeness (QED) is 0.235. The van der Waals surface area contributed by atoms with E-state index in [-0.39, 0.29) is 41.9 Å². The van der Waals surface area contributed by atoms with Crippen LogP contribution in [-0.4, -0.2) is 77.1 Å². The van der Waals surface area contributed by atoms with Gasteiger partial charge in [-0.3, -0.25) is 24.0 Å². The van der Waals surface area contributed by atoms with E-state index in [1.54, 1.807) is 26.8 Å². The molecule has 0 spiro atoms. The van der Waals surface area contributed by atoms with E-state index >= 15 is 0 Å². The Bertz CT molecular complexity index is 1110. The zero-order valence-electron chi connectivity index (χ0n) is 25.5. The van der Waals surface area contributed by atoms with Crippen LogP contribution >= 0.6 is 0 Å². The molecule has 3 fully saturated rings. The molecule has 0 aromatic carbocycles. The van der Waals surface area contributed by atoms with Crippen molar-refractivity contribution in [2.24, 2.45) is 23.2 Å². The SMILES string of the molecule is C=CCC[C@H](NC(=O)[C@@H]1C2[C@H](CN1C(=O)[C@@H](NC(=O)OC(C)(C)C)C1CCC(=O)CC1)C2(C)C)C(=O)C(=O)NCC=C. The number of hydrogen-bond donors (Lipinski definition) is 3. The first-order valence-corrected chi connectivity index (χ1v) is 14.8. The number of nitrogens with zero attached hydrogens (tertiary/aromatic N) is 1. The van der Waals surface area contributed by atoms with Gasteiger partial charge < -0.3 is 25.6 Å². The number of likely N-dealkylation sites (tertiary alicyclic amines) is 1. The summed E-state index contributed by atoms with van der Waals surface area (Å²) in [6.07, 6.45) is 4.36. The maximum absolute atomic E-state index is 14.2. The number of allylic oxidation sites excluding steroid dienone is 1. The largest absolute Gasteiger partial charge is 0.444 e. The average Bonchev–Trinajstić information content (AvgIpc) is 3.23. The van der Waals surface area contributed by atoms with Gasteiger partial charge in [0.25, 0.3) is 5.91 Å². The maximum Gasteiger partial charge on any atom is 0.408 e. The van der Waals surface area contributed by atoms with Crippen LogP contribution in [0.1, 0.15) is 73.1 Å². The second-order valence-electron chi connectivity index (χ2n) is 13.2. The fourth-order valence-corrected chi connectivity index (χ4v) is 6.32. The van der Waals surface area contributed by atoms with Crippen LogP contribution in [0, 0.1) is 23.2 Å². The molecule has 232 valence electrons. The molecule has 0 bridgehead atoms. The van der Waals surface area contributed by atoms with Gasteiger partial charge in [-0.2, -0.15) is 0 Å². The van der Waals surface area contributed by atoms with Crippen molar-refractivity contribution in [3.05, 3.63) is 25.3 Å². The second-order valence-corrected chi connectivity index (χ2v) is 13.2. The fraction of sp³-hybridized carbons (Fsp3) is 0.677. The lowest BCUT2D eigenvalue weighted by atomic mass is 9.82. The van der Waals surface area contributed by atoms with Crippen molar-refractivity contribution in [2.45, 2.75) is 96.9 Å². The maximum atomic E-state index is 14.2. The summed E-state index contributed by atoms with van der Waals surface area (Å²) in [5.74, 6) is -2.83. The molecule has 1 unspecified atom stereocenters. The third kappa shape index (κ3) is 7.66. The standard InChI is InChI=1S/C31H46N4O7/c1-8-10-11-21(25(37)27(39)32-16-9-2)33-26(38)24-22-20(31(22,6)7)17-35(24)28(40)23(18-12-14-19(36)15-13-18)34-29(41)42-30(3,4)5/h8-9,18,20-24H,1-2,10-17H2,3-7H3,(H,32,39)(H,33,38)(H,34,41)/t20-,21-,22?,23-,24-/m0/s1. The number of alkyl carbamates (subject to hydrolysis) is 1. The summed E-state index contributed by atoms with van der Waals surface area (Å²) in [6, 6.07) is -2.97. The van der Waals surface area contributed by atoms with Gasteiger partial charge in [0.05, 0.1) is 6.04 Å². The second kappa shape index (κ2) is 13.2. The van der Waals surface area contributed by atoms with E-state index in [2.05, 4.69) is 29.1 Å². The van der Waals surface area contributed by atoms with Crippen molar-refractivity contribution in [2.75, 3.05) is 13.1 Å². The summed E-state index contributed by atoms with van der Waals surface area (Å²) < 4.78 is 5.44. The number of carbonyl (C=O) groups is 6. The Hall–Kier alpha value is -3.50. The first-order chi connectivity index (χ1) is 19.6. The Kier molecular flexibility index (Phi) is 10.4. The van der Waals surface area contributed by atoms with Crippen LogP contribution in [0.15, 0.2) is 25.3 Å². The van der Waals surface area contributed by atoms with Crippen molar-refractivity contribution in [1.82, 2.24) is 20.9 Å². The average molecular weight is 587 g/mol. The van der Waals surface area contributed by atoms with E-state index < -0.39 is 53.3 Å². The minimum Gasteiger partial charge on any atom is -0.444 e. The number of rotatable bonds is 12. The van der Waals surface area contributed by atoms with Crippen molar-refractivity contribution >= 4 is 35.4 Å². The van der Waals surface area contributed by atoms with Crippen LogP contribution in [0.2, 0.25) is 0 Å². The van der Waals surface area contributed by atoms with Gasteiger partial charge in [-0.15, -0.1) is 13.2 Å². The third-order valence-corrected chi connectivity index (χ3v) is 8.68. The Balaban J connectivity index is 1.86. The number of nitrogens with one attached hydrogen (secondary N) is 3. The Morgan fingerprint density at radius 3 is 2.29 bits per heavy atom. The number of piperidine rings is 1. The normalized spacial score (nSPS) is 24.5. The highest BCUT2D eigenvalue weighted by molar-refractivity contribution is 6.38. The predicted molar refractivity (Wildman–Crippen MR) is 156 cm³/mol. The van der Waals surface area contributed by atoms with Crippen LogP contribution in [-0.2, 0) is 28.7 Å². The zero-order chi connectivity index (χ0) is 31.4. The highest BCUT2D eigenvalue weighted by Crippen LogP contribution is 2.65. The molecule has 2 aliphatic carbocycles. The number of Topliss-reactive ketones (excluding diaryl/α,β-unsaturated/α-hetero) is 2. The lowest BCUT2D eigenvalue weighted by Gasteiger charge is -2.37. The molecule has 1 aliphatic heterocycles. The highest BCUT2D eigenvalue weighted by atomic mass is 16.6. The monoisotopic (exact) mass is 586 g/mol. The molecule has 0 aromatic heterocycles. The third-order valence-electron chi connectivity index (χ3n) is 8.68. The number of hydrogen-bond acceptors (Lipinski definition) is 7. The smallest absolute Gasteiger partial charge is 0.408 e. The minimum absolute atomic E-state index is 0.0607. The van der Waals surface area contributed by atoms with Gasteiger partial charge >= 0.3 is 6.09 Å². The summed E-state index contributed by atoms with van der Waals surface area (Å²) in [7, 11) is 0. The van der Waals surface area contributed by atoms with Gasteiger partial charge in [-0.25, -0.2) is 4.79 Å². The molecule has 0 radical (unpaired) electrons. The zero-order valence-corrected chi connectivity index (χ0v) is 25.5. The number of ether oxygens (including phenoxy) is 1. The summed E-state index contributed by atoms with van der Waals surface area (Å²) >= 11 is 0. The summed E-state index contributed by atoms with van der Waals surface area (Å²) in [5.41, 5.74) is -0.987. The predicted octanol–water partition coefficient (Wildman–Crippen LogP) is 2.44. The summed E-state index contributed by atoms with van der Waals surface area (Å²) in [6.45, 7) is 16.9. The number of amides is 4. The lowest BCUT2D eigenvalue weighted by molar-refractivity contribution is -0.145. The molecule has 2 saturated carbocycles. The summed E-state index contributed by atoms with van der Waals surface area (Å²) in [4.78, 5) is 79.7. The number of ketones is 2. The first kappa shape index (κ1) is 33.0. The van der Waals surface area contributed by atoms with E-state index in [1.807, 2.05) is 13.8 Å². The topological polar surface area (TPSA) is 151 Å². The van der Waals surface area contributed by atoms with Crippen LogP contribution in [0.4, 0.5) is 4.79 Å². The van der Waals surface area contributed by atoms with Gasteiger partial charge in [0, 0.05) is 25.9 Å². The van der Waals surface area contributed by atoms with Crippen molar-refractivity contribution in [3.63, 3.8) is 0 Å². The van der Waals surface area contributed by atoms with Gasteiger partial charge in [-0.05, 0) is 69.6 Å². The molecule has 42 heavy (non-hydrogen) atoms. The van der Waals surface area contributed by atoms with E-state index in [4.69, 9.17) is 4.74 Å². The Morgan fingerprint density at radius 1 is 1.07 bits per heavy atom. The first-order valence-electron chi connectivity index (χ1n) is 14.8. The van der Waals surface area contributed by atoms with E-state index in [0.29, 0.717) is 38.6 Å². The fourth-order valence-electron chi connectivity index (χ4n) is 6.32. The van der Waals surface area contributed by atoms with E-state index in [0.717, 1.165) is 0 Å². The van der Waals surface area contributed by atoms with Crippen molar-refractivity contribution in [3.8, 4) is 0 Å². The molecule has 1 heterocycles. The lowest BCUT2D eigenvalue weighted by Crippen LogP contribution is -2.60. The molecule has 4 amide bonds. The van der Waals surface area contributed by atoms with Crippen LogP contribution in [0.3, 0.4) is 0 Å². The van der Waals surface area contributed by atoms with Crippen LogP contribution < -0.4 is 16.0 Å².